The summed E-state index contributed by atoms with van der Waals surface area (Å²) in [5, 5.41) is -2.78. The Hall–Kier alpha value is -1.61. The molecule has 0 aliphatic rings. The molecule has 1 N–H and O–H groups in total. The molecule has 1 rings (SSSR count). The zero-order valence-electron chi connectivity index (χ0n) is 17.1. The molecule has 0 fully saturated rings. The minimum absolute atomic E-state index is 0.181. The number of carbonyl (C=O) groups excluding carboxylic acids is 2. The largest absolute Gasteiger partial charge is 0.463 e. The topological polar surface area (TPSA) is 90.9 Å². The van der Waals surface area contributed by atoms with Gasteiger partial charge in [-0.25, -0.2) is 4.79 Å². The summed E-state index contributed by atoms with van der Waals surface area (Å²) in [7, 11) is -5.44. The SMILES string of the molecule is CCOC(=O)[C@](NC(=O)c1ccccc1Cl)(C(F)(F)F)P(=O)(OC(C)C)OC(C)C. The van der Waals surface area contributed by atoms with Gasteiger partial charge in [0.25, 0.3) is 5.91 Å². The van der Waals surface area contributed by atoms with Crippen molar-refractivity contribution in [3.8, 4) is 0 Å². The minimum atomic E-state index is -5.62. The van der Waals surface area contributed by atoms with Gasteiger partial charge >= 0.3 is 25.0 Å². The second-order valence-electron chi connectivity index (χ2n) is 6.67. The van der Waals surface area contributed by atoms with Crippen LogP contribution in [0, 0.1) is 0 Å². The molecule has 1 aromatic rings. The van der Waals surface area contributed by atoms with Gasteiger partial charge in [0.15, 0.2) is 0 Å². The molecule has 0 spiro atoms. The van der Waals surface area contributed by atoms with E-state index in [-0.39, 0.29) is 10.6 Å². The Bertz CT molecular complexity index is 803. The number of esters is 1. The van der Waals surface area contributed by atoms with E-state index in [1.54, 1.807) is 0 Å². The maximum atomic E-state index is 14.4. The molecule has 170 valence electrons. The van der Waals surface area contributed by atoms with E-state index in [4.69, 9.17) is 20.6 Å². The smallest absolute Gasteiger partial charge is 0.434 e. The average Bonchev–Trinajstić information content (AvgIpc) is 2.57. The molecule has 0 aliphatic heterocycles. The molecular weight excluding hydrogens is 450 g/mol. The quantitative estimate of drug-likeness (QED) is 0.404. The molecule has 1 amide bonds. The van der Waals surface area contributed by atoms with Gasteiger partial charge in [-0.1, -0.05) is 23.7 Å². The van der Waals surface area contributed by atoms with Crippen molar-refractivity contribution in [2.75, 3.05) is 6.61 Å². The van der Waals surface area contributed by atoms with E-state index in [0.29, 0.717) is 0 Å². The zero-order valence-corrected chi connectivity index (χ0v) is 18.7. The van der Waals surface area contributed by atoms with Gasteiger partial charge in [0.05, 0.1) is 29.4 Å². The second-order valence-corrected chi connectivity index (χ2v) is 9.16. The summed E-state index contributed by atoms with van der Waals surface area (Å²) in [5.74, 6) is -3.44. The molecule has 0 saturated heterocycles. The van der Waals surface area contributed by atoms with Gasteiger partial charge in [-0.2, -0.15) is 13.2 Å². The van der Waals surface area contributed by atoms with Gasteiger partial charge in [-0.05, 0) is 46.8 Å². The Kier molecular flexibility index (Phi) is 8.92. The van der Waals surface area contributed by atoms with Crippen molar-refractivity contribution >= 4 is 31.1 Å². The van der Waals surface area contributed by atoms with Crippen LogP contribution in [0.1, 0.15) is 45.0 Å². The van der Waals surface area contributed by atoms with Gasteiger partial charge < -0.3 is 19.1 Å². The Morgan fingerprint density at radius 2 is 1.60 bits per heavy atom. The molecule has 0 aromatic heterocycles. The molecule has 7 nitrogen and oxygen atoms in total. The highest BCUT2D eigenvalue weighted by Crippen LogP contribution is 2.66. The van der Waals surface area contributed by atoms with Crippen LogP contribution < -0.4 is 5.32 Å². The fraction of sp³-hybridized carbons (Fsp3) is 0.556. The van der Waals surface area contributed by atoms with E-state index in [1.165, 1.54) is 58.1 Å². The Morgan fingerprint density at radius 3 is 2.00 bits per heavy atom. The lowest BCUT2D eigenvalue weighted by Crippen LogP contribution is -2.65. The molecule has 0 bridgehead atoms. The standard InChI is InChI=1S/C18H24ClF3NO6P/c1-6-27-16(25)17(18(20,21)22,30(26,28-11(2)3)29-12(4)5)23-15(24)13-9-7-8-10-14(13)19/h7-12H,6H2,1-5H3,(H,23,24)/t17-/m1/s1. The van der Waals surface area contributed by atoms with Crippen molar-refractivity contribution in [3.63, 3.8) is 0 Å². The summed E-state index contributed by atoms with van der Waals surface area (Å²) in [6.07, 6.45) is -7.72. The fourth-order valence-electron chi connectivity index (χ4n) is 2.42. The Morgan fingerprint density at radius 1 is 1.10 bits per heavy atom. The van der Waals surface area contributed by atoms with Crippen LogP contribution in [0.15, 0.2) is 24.3 Å². The first-order chi connectivity index (χ1) is 13.7. The molecule has 0 heterocycles. The third-order valence-electron chi connectivity index (χ3n) is 3.50. The van der Waals surface area contributed by atoms with E-state index in [0.717, 1.165) is 6.07 Å². The number of benzene rings is 1. The van der Waals surface area contributed by atoms with Crippen LogP contribution in [0.25, 0.3) is 0 Å². The summed E-state index contributed by atoms with van der Waals surface area (Å²) in [6.45, 7) is 5.99. The molecule has 30 heavy (non-hydrogen) atoms. The van der Waals surface area contributed by atoms with Crippen molar-refractivity contribution in [3.05, 3.63) is 34.9 Å². The summed E-state index contributed by atoms with van der Waals surface area (Å²) in [5.41, 5.74) is -0.377. The van der Waals surface area contributed by atoms with E-state index >= 15 is 0 Å². The summed E-state index contributed by atoms with van der Waals surface area (Å²) in [4.78, 5) is 25.4. The van der Waals surface area contributed by atoms with Gasteiger partial charge in [-0.15, -0.1) is 0 Å². The number of alkyl halides is 3. The number of ether oxygens (including phenoxy) is 1. The van der Waals surface area contributed by atoms with Crippen molar-refractivity contribution in [2.24, 2.45) is 0 Å². The monoisotopic (exact) mass is 473 g/mol. The summed E-state index contributed by atoms with van der Waals surface area (Å²) in [6, 6.07) is 5.22. The van der Waals surface area contributed by atoms with Crippen LogP contribution in [0.2, 0.25) is 5.02 Å². The molecule has 0 aliphatic carbocycles. The lowest BCUT2D eigenvalue weighted by molar-refractivity contribution is -0.196. The fourth-order valence-corrected chi connectivity index (χ4v) is 4.96. The first kappa shape index (κ1) is 26.4. The summed E-state index contributed by atoms with van der Waals surface area (Å²) >= 11 is 5.90. The highest BCUT2D eigenvalue weighted by atomic mass is 35.5. The van der Waals surface area contributed by atoms with Gasteiger partial charge in [-0.3, -0.25) is 9.36 Å². The highest BCUT2D eigenvalue weighted by molar-refractivity contribution is 7.57. The van der Waals surface area contributed by atoms with Crippen molar-refractivity contribution < 1.29 is 41.1 Å². The number of amides is 1. The Labute approximate surface area is 177 Å². The normalized spacial score (nSPS) is 14.5. The number of carbonyl (C=O) groups is 2. The second kappa shape index (κ2) is 10.1. The molecular formula is C18H24ClF3NO6P. The third kappa shape index (κ3) is 5.55. The van der Waals surface area contributed by atoms with Crippen LogP contribution in [0.4, 0.5) is 13.2 Å². The number of nitrogens with one attached hydrogen (secondary N) is 1. The molecule has 0 radical (unpaired) electrons. The van der Waals surface area contributed by atoms with Crippen molar-refractivity contribution in [1.29, 1.82) is 0 Å². The average molecular weight is 474 g/mol. The Balaban J connectivity index is 3.79. The lowest BCUT2D eigenvalue weighted by atomic mass is 10.2. The van der Waals surface area contributed by atoms with Crippen molar-refractivity contribution in [2.45, 2.75) is 58.3 Å². The van der Waals surface area contributed by atoms with Gasteiger partial charge in [0, 0.05) is 0 Å². The maximum absolute atomic E-state index is 14.4. The van der Waals surface area contributed by atoms with E-state index < -0.39 is 49.7 Å². The molecule has 12 heteroatoms. The van der Waals surface area contributed by atoms with Crippen LogP contribution >= 0.6 is 19.2 Å². The van der Waals surface area contributed by atoms with E-state index in [2.05, 4.69) is 4.74 Å². The molecule has 0 saturated carbocycles. The summed E-state index contributed by atoms with van der Waals surface area (Å²) < 4.78 is 71.5. The van der Waals surface area contributed by atoms with Crippen LogP contribution in [0.5, 0.6) is 0 Å². The first-order valence-electron chi connectivity index (χ1n) is 8.99. The van der Waals surface area contributed by atoms with Crippen LogP contribution in [-0.4, -0.2) is 42.1 Å². The minimum Gasteiger partial charge on any atom is -0.463 e. The van der Waals surface area contributed by atoms with E-state index in [9.17, 15) is 27.3 Å². The predicted molar refractivity (Wildman–Crippen MR) is 104 cm³/mol. The maximum Gasteiger partial charge on any atom is 0.434 e. The molecule has 1 aromatic carbocycles. The molecule has 1 atom stereocenters. The number of halogens is 4. The number of hydrogen-bond acceptors (Lipinski definition) is 6. The number of hydrogen-bond donors (Lipinski definition) is 1. The van der Waals surface area contributed by atoms with Crippen molar-refractivity contribution in [1.82, 2.24) is 5.32 Å². The zero-order chi connectivity index (χ0) is 23.3. The van der Waals surface area contributed by atoms with Crippen LogP contribution in [-0.2, 0) is 23.1 Å². The first-order valence-corrected chi connectivity index (χ1v) is 10.9. The molecule has 0 unspecified atom stereocenters. The van der Waals surface area contributed by atoms with Crippen LogP contribution in [0.3, 0.4) is 0 Å². The highest BCUT2D eigenvalue weighted by Gasteiger charge is 2.76. The predicted octanol–water partition coefficient (Wildman–Crippen LogP) is 4.93. The third-order valence-corrected chi connectivity index (χ3v) is 6.60. The van der Waals surface area contributed by atoms with Gasteiger partial charge in [0.2, 0.25) is 0 Å². The van der Waals surface area contributed by atoms with E-state index in [1.807, 2.05) is 0 Å². The lowest BCUT2D eigenvalue weighted by Gasteiger charge is -2.39. The number of rotatable bonds is 9. The van der Waals surface area contributed by atoms with Gasteiger partial charge in [0.1, 0.15) is 0 Å².